The van der Waals surface area contributed by atoms with Gasteiger partial charge in [0.1, 0.15) is 4.88 Å². The number of carbonyl (C=O) groups excluding carboxylic acids is 1. The van der Waals surface area contributed by atoms with Crippen LogP contribution in [0.1, 0.15) is 47.9 Å². The lowest BCUT2D eigenvalue weighted by Crippen LogP contribution is -2.11. The Labute approximate surface area is 110 Å². The maximum atomic E-state index is 12.4. The minimum atomic E-state index is -0.0631. The number of aromatic nitrogens is 4. The van der Waals surface area contributed by atoms with Crippen molar-refractivity contribution in [1.82, 2.24) is 19.1 Å². The summed E-state index contributed by atoms with van der Waals surface area (Å²) in [5.41, 5.74) is 0.790. The van der Waals surface area contributed by atoms with Crippen LogP contribution in [0.25, 0.3) is 0 Å². The number of ketones is 1. The van der Waals surface area contributed by atoms with Crippen molar-refractivity contribution in [2.24, 2.45) is 0 Å². The number of imidazole rings is 1. The highest BCUT2D eigenvalue weighted by Gasteiger charge is 2.21. The molecule has 0 radical (unpaired) electrons. The molecule has 96 valence electrons. The third kappa shape index (κ3) is 2.48. The number of carbonyl (C=O) groups is 1. The van der Waals surface area contributed by atoms with Gasteiger partial charge in [-0.2, -0.15) is 0 Å². The van der Waals surface area contributed by atoms with Gasteiger partial charge in [0, 0.05) is 18.9 Å². The maximum Gasteiger partial charge on any atom is 0.241 e. The molecule has 0 amide bonds. The summed E-state index contributed by atoms with van der Waals surface area (Å²) >= 11 is 1.16. The van der Waals surface area contributed by atoms with Gasteiger partial charge in [0.25, 0.3) is 0 Å². The fraction of sp³-hybridized carbons (Fsp3) is 0.500. The van der Waals surface area contributed by atoms with E-state index < -0.39 is 0 Å². The first-order valence-corrected chi connectivity index (χ1v) is 6.92. The molecule has 0 aliphatic heterocycles. The topological polar surface area (TPSA) is 60.7 Å². The Balaban J connectivity index is 2.29. The molecule has 2 aromatic heterocycles. The normalized spacial score (nSPS) is 10.8. The minimum Gasteiger partial charge on any atom is -0.328 e. The van der Waals surface area contributed by atoms with E-state index in [2.05, 4.69) is 28.4 Å². The van der Waals surface area contributed by atoms with Gasteiger partial charge in [-0.25, -0.2) is 4.98 Å². The SMILES string of the molecule is CCCc1nnsc1C(=O)c1nccn1CCC. The van der Waals surface area contributed by atoms with Gasteiger partial charge in [0.2, 0.25) is 5.78 Å². The predicted molar refractivity (Wildman–Crippen MR) is 69.9 cm³/mol. The summed E-state index contributed by atoms with van der Waals surface area (Å²) < 4.78 is 5.77. The summed E-state index contributed by atoms with van der Waals surface area (Å²) in [5.74, 6) is 0.423. The number of rotatable bonds is 6. The Kier molecular flexibility index (Phi) is 4.19. The summed E-state index contributed by atoms with van der Waals surface area (Å²) in [5, 5.41) is 4.02. The molecular weight excluding hydrogens is 248 g/mol. The van der Waals surface area contributed by atoms with E-state index in [-0.39, 0.29) is 5.78 Å². The maximum absolute atomic E-state index is 12.4. The molecule has 2 rings (SSSR count). The van der Waals surface area contributed by atoms with Crippen LogP contribution in [-0.2, 0) is 13.0 Å². The molecule has 0 aromatic carbocycles. The molecule has 0 N–H and O–H groups in total. The lowest BCUT2D eigenvalue weighted by Gasteiger charge is -2.04. The van der Waals surface area contributed by atoms with Gasteiger partial charge >= 0.3 is 0 Å². The van der Waals surface area contributed by atoms with Crippen molar-refractivity contribution in [3.05, 3.63) is 28.8 Å². The van der Waals surface area contributed by atoms with Gasteiger partial charge in [-0.3, -0.25) is 4.79 Å². The van der Waals surface area contributed by atoms with Crippen molar-refractivity contribution in [2.75, 3.05) is 0 Å². The Morgan fingerprint density at radius 1 is 1.39 bits per heavy atom. The zero-order valence-electron chi connectivity index (χ0n) is 10.6. The summed E-state index contributed by atoms with van der Waals surface area (Å²) in [6.45, 7) is 4.94. The predicted octanol–water partition coefficient (Wildman–Crippen LogP) is 2.33. The second-order valence-electron chi connectivity index (χ2n) is 4.07. The van der Waals surface area contributed by atoms with Gasteiger partial charge in [-0.05, 0) is 24.4 Å². The van der Waals surface area contributed by atoms with Crippen molar-refractivity contribution < 1.29 is 4.79 Å². The van der Waals surface area contributed by atoms with Crippen LogP contribution in [0.3, 0.4) is 0 Å². The fourth-order valence-electron chi connectivity index (χ4n) is 1.82. The van der Waals surface area contributed by atoms with Crippen molar-refractivity contribution in [2.45, 2.75) is 39.7 Å². The molecule has 0 bridgehead atoms. The van der Waals surface area contributed by atoms with Gasteiger partial charge in [-0.1, -0.05) is 24.8 Å². The average Bonchev–Trinajstić information content (AvgIpc) is 2.98. The van der Waals surface area contributed by atoms with Crippen LogP contribution < -0.4 is 0 Å². The zero-order chi connectivity index (χ0) is 13.0. The van der Waals surface area contributed by atoms with E-state index in [0.29, 0.717) is 10.7 Å². The standard InChI is InChI=1S/C12H16N4OS/c1-3-5-9-11(18-15-14-9)10(17)12-13-6-8-16(12)7-4-2/h6,8H,3-5,7H2,1-2H3. The summed E-state index contributed by atoms with van der Waals surface area (Å²) in [7, 11) is 0. The third-order valence-corrected chi connectivity index (χ3v) is 3.40. The van der Waals surface area contributed by atoms with Gasteiger partial charge in [0.15, 0.2) is 5.82 Å². The summed E-state index contributed by atoms with van der Waals surface area (Å²) in [6, 6.07) is 0. The van der Waals surface area contributed by atoms with E-state index in [9.17, 15) is 4.79 Å². The fourth-order valence-corrected chi connectivity index (χ4v) is 2.47. The lowest BCUT2D eigenvalue weighted by atomic mass is 10.2. The Bertz CT molecular complexity index is 485. The second kappa shape index (κ2) is 5.86. The summed E-state index contributed by atoms with van der Waals surface area (Å²) in [4.78, 5) is 17.2. The molecule has 0 spiro atoms. The highest BCUT2D eigenvalue weighted by Crippen LogP contribution is 2.17. The van der Waals surface area contributed by atoms with E-state index in [4.69, 9.17) is 0 Å². The van der Waals surface area contributed by atoms with Crippen LogP contribution in [0.4, 0.5) is 0 Å². The van der Waals surface area contributed by atoms with E-state index >= 15 is 0 Å². The first kappa shape index (κ1) is 12.9. The van der Waals surface area contributed by atoms with Crippen LogP contribution >= 0.6 is 11.5 Å². The Morgan fingerprint density at radius 2 is 2.22 bits per heavy atom. The van der Waals surface area contributed by atoms with Crippen molar-refractivity contribution >= 4 is 17.3 Å². The quantitative estimate of drug-likeness (QED) is 0.751. The molecule has 0 aliphatic rings. The Morgan fingerprint density at radius 3 is 2.94 bits per heavy atom. The first-order valence-electron chi connectivity index (χ1n) is 6.15. The number of aryl methyl sites for hydroxylation is 2. The molecule has 18 heavy (non-hydrogen) atoms. The molecule has 0 saturated heterocycles. The number of nitrogens with zero attached hydrogens (tertiary/aromatic N) is 4. The zero-order valence-corrected chi connectivity index (χ0v) is 11.4. The molecular formula is C12H16N4OS. The van der Waals surface area contributed by atoms with Crippen molar-refractivity contribution in [3.63, 3.8) is 0 Å². The number of hydrogen-bond acceptors (Lipinski definition) is 5. The highest BCUT2D eigenvalue weighted by molar-refractivity contribution is 7.08. The van der Waals surface area contributed by atoms with Crippen molar-refractivity contribution in [3.8, 4) is 0 Å². The smallest absolute Gasteiger partial charge is 0.241 e. The molecule has 2 aromatic rings. The Hall–Kier alpha value is -1.56. The van der Waals surface area contributed by atoms with Crippen LogP contribution in [0.15, 0.2) is 12.4 Å². The molecule has 2 heterocycles. The first-order chi connectivity index (χ1) is 8.77. The van der Waals surface area contributed by atoms with Gasteiger partial charge in [-0.15, -0.1) is 5.10 Å². The molecule has 0 aliphatic carbocycles. The molecule has 6 heteroatoms. The van der Waals surface area contributed by atoms with E-state index in [1.165, 1.54) is 0 Å². The molecule has 0 unspecified atom stereocenters. The van der Waals surface area contributed by atoms with Crippen LogP contribution in [0.5, 0.6) is 0 Å². The third-order valence-electron chi connectivity index (χ3n) is 2.63. The van der Waals surface area contributed by atoms with Gasteiger partial charge in [0.05, 0.1) is 5.69 Å². The summed E-state index contributed by atoms with van der Waals surface area (Å²) in [6.07, 6.45) is 6.21. The lowest BCUT2D eigenvalue weighted by molar-refractivity contribution is 0.102. The molecule has 0 saturated carbocycles. The van der Waals surface area contributed by atoms with Crippen LogP contribution in [0, 0.1) is 0 Å². The molecule has 0 atom stereocenters. The number of hydrogen-bond donors (Lipinski definition) is 0. The van der Waals surface area contributed by atoms with E-state index in [0.717, 1.165) is 43.0 Å². The highest BCUT2D eigenvalue weighted by atomic mass is 32.1. The average molecular weight is 264 g/mol. The van der Waals surface area contributed by atoms with Crippen molar-refractivity contribution in [1.29, 1.82) is 0 Å². The van der Waals surface area contributed by atoms with Crippen LogP contribution in [0.2, 0.25) is 0 Å². The molecule has 5 nitrogen and oxygen atoms in total. The van der Waals surface area contributed by atoms with E-state index in [1.54, 1.807) is 6.20 Å². The largest absolute Gasteiger partial charge is 0.328 e. The minimum absolute atomic E-state index is 0.0631. The van der Waals surface area contributed by atoms with Crippen LogP contribution in [-0.4, -0.2) is 24.9 Å². The second-order valence-corrected chi connectivity index (χ2v) is 4.83. The van der Waals surface area contributed by atoms with E-state index in [1.807, 2.05) is 10.8 Å². The molecule has 0 fully saturated rings. The van der Waals surface area contributed by atoms with Gasteiger partial charge < -0.3 is 4.57 Å². The monoisotopic (exact) mass is 264 g/mol.